The van der Waals surface area contributed by atoms with Crippen molar-refractivity contribution in [1.82, 2.24) is 19.5 Å². The molecule has 0 bridgehead atoms. The van der Waals surface area contributed by atoms with Gasteiger partial charge in [0.05, 0.1) is 20.5 Å². The van der Waals surface area contributed by atoms with Crippen LogP contribution in [0.1, 0.15) is 30.9 Å². The van der Waals surface area contributed by atoms with Crippen LogP contribution in [-0.4, -0.2) is 40.8 Å². The number of aromatic nitrogens is 4. The van der Waals surface area contributed by atoms with Crippen LogP contribution >= 0.6 is 0 Å². The van der Waals surface area contributed by atoms with Gasteiger partial charge in [-0.15, -0.1) is 0 Å². The minimum atomic E-state index is 0.195. The summed E-state index contributed by atoms with van der Waals surface area (Å²) in [6.07, 6.45) is 1.75. The van der Waals surface area contributed by atoms with Crippen LogP contribution in [0.25, 0.3) is 11.2 Å². The first kappa shape index (κ1) is 17.8. The lowest BCUT2D eigenvalue weighted by atomic mass is 9.96. The molecule has 2 heterocycles. The molecule has 26 heavy (non-hydrogen) atoms. The minimum absolute atomic E-state index is 0.195. The predicted octanol–water partition coefficient (Wildman–Crippen LogP) is 2.64. The molecule has 8 heteroatoms. The second-order valence-corrected chi connectivity index (χ2v) is 6.29. The van der Waals surface area contributed by atoms with Crippen LogP contribution < -0.4 is 20.5 Å². The van der Waals surface area contributed by atoms with Crippen LogP contribution in [-0.2, 0) is 6.54 Å². The third-order valence-electron chi connectivity index (χ3n) is 4.33. The number of fused-ring (bicyclic) bond motifs is 1. The van der Waals surface area contributed by atoms with Gasteiger partial charge in [0.25, 0.3) is 0 Å². The number of nitrogen functional groups attached to an aromatic ring is 1. The lowest BCUT2D eigenvalue weighted by Crippen LogP contribution is -2.07. The van der Waals surface area contributed by atoms with Gasteiger partial charge in [0.1, 0.15) is 5.52 Å². The zero-order valence-corrected chi connectivity index (χ0v) is 15.7. The van der Waals surface area contributed by atoms with Crippen molar-refractivity contribution in [3.8, 4) is 11.5 Å². The zero-order valence-electron chi connectivity index (χ0n) is 15.7. The molecule has 3 N–H and O–H groups in total. The quantitative estimate of drug-likeness (QED) is 0.700. The molecule has 0 spiro atoms. The molecule has 0 aliphatic rings. The Labute approximate surface area is 152 Å². The molecule has 0 saturated heterocycles. The number of hydrogen-bond acceptors (Lipinski definition) is 7. The van der Waals surface area contributed by atoms with Crippen molar-refractivity contribution in [2.24, 2.45) is 0 Å². The number of nitrogens with two attached hydrogens (primary N) is 1. The Morgan fingerprint density at radius 1 is 1.15 bits per heavy atom. The number of methoxy groups -OCH3 is 2. The fraction of sp³-hybridized carbons (Fsp3) is 0.389. The summed E-state index contributed by atoms with van der Waals surface area (Å²) in [6.45, 7) is 4.91. The van der Waals surface area contributed by atoms with Crippen LogP contribution in [0.4, 0.5) is 11.8 Å². The zero-order chi connectivity index (χ0) is 18.8. The van der Waals surface area contributed by atoms with E-state index in [1.54, 1.807) is 27.6 Å². The van der Waals surface area contributed by atoms with E-state index in [2.05, 4.69) is 34.1 Å². The molecule has 1 aromatic carbocycles. The number of imidazole rings is 1. The molecule has 138 valence electrons. The normalized spacial score (nSPS) is 11.2. The lowest BCUT2D eigenvalue weighted by Gasteiger charge is -2.18. The van der Waals surface area contributed by atoms with E-state index >= 15 is 0 Å². The van der Waals surface area contributed by atoms with Crippen molar-refractivity contribution in [3.05, 3.63) is 29.6 Å². The number of anilines is 2. The van der Waals surface area contributed by atoms with Crippen molar-refractivity contribution in [3.63, 3.8) is 0 Å². The summed E-state index contributed by atoms with van der Waals surface area (Å²) in [5, 5.41) is 3.06. The highest BCUT2D eigenvalue weighted by molar-refractivity contribution is 5.84. The van der Waals surface area contributed by atoms with E-state index in [9.17, 15) is 0 Å². The highest BCUT2D eigenvalue weighted by atomic mass is 16.5. The largest absolute Gasteiger partial charge is 0.493 e. The highest BCUT2D eigenvalue weighted by Gasteiger charge is 2.17. The minimum Gasteiger partial charge on any atom is -0.493 e. The Hall–Kier alpha value is -3.03. The fourth-order valence-electron chi connectivity index (χ4n) is 3.09. The highest BCUT2D eigenvalue weighted by Crippen LogP contribution is 2.34. The van der Waals surface area contributed by atoms with Gasteiger partial charge in [0, 0.05) is 13.6 Å². The molecule has 2 aromatic heterocycles. The van der Waals surface area contributed by atoms with Gasteiger partial charge >= 0.3 is 0 Å². The van der Waals surface area contributed by atoms with E-state index in [0.29, 0.717) is 29.7 Å². The van der Waals surface area contributed by atoms with Gasteiger partial charge in [0.15, 0.2) is 23.0 Å². The van der Waals surface area contributed by atoms with E-state index in [4.69, 9.17) is 15.2 Å². The van der Waals surface area contributed by atoms with E-state index in [1.807, 2.05) is 16.7 Å². The maximum atomic E-state index is 5.75. The van der Waals surface area contributed by atoms with Crippen molar-refractivity contribution >= 4 is 22.9 Å². The first-order valence-corrected chi connectivity index (χ1v) is 8.39. The van der Waals surface area contributed by atoms with Gasteiger partial charge in [-0.05, 0) is 29.2 Å². The second-order valence-electron chi connectivity index (χ2n) is 6.29. The van der Waals surface area contributed by atoms with Crippen LogP contribution in [0.3, 0.4) is 0 Å². The molecule has 0 amide bonds. The lowest BCUT2D eigenvalue weighted by molar-refractivity contribution is 0.353. The summed E-state index contributed by atoms with van der Waals surface area (Å²) in [7, 11) is 5.08. The molecule has 0 atom stereocenters. The number of rotatable bonds is 6. The van der Waals surface area contributed by atoms with Crippen LogP contribution in [0.15, 0.2) is 18.5 Å². The molecule has 0 aliphatic carbocycles. The SMILES string of the molecule is CNc1nc(N)nc2ncn(Cc3cc(OC)c(OC)cc3C(C)C)c12. The molecular formula is C18H24N6O2. The molecule has 3 aromatic rings. The smallest absolute Gasteiger partial charge is 0.224 e. The summed E-state index contributed by atoms with van der Waals surface area (Å²) < 4.78 is 12.9. The molecular weight excluding hydrogens is 332 g/mol. The van der Waals surface area contributed by atoms with E-state index in [-0.39, 0.29) is 5.95 Å². The van der Waals surface area contributed by atoms with Crippen LogP contribution in [0, 0.1) is 0 Å². The Balaban J connectivity index is 2.13. The first-order chi connectivity index (χ1) is 12.5. The summed E-state index contributed by atoms with van der Waals surface area (Å²) in [6, 6.07) is 4.04. The number of nitrogens with zero attached hydrogens (tertiary/aromatic N) is 4. The van der Waals surface area contributed by atoms with E-state index < -0.39 is 0 Å². The summed E-state index contributed by atoms with van der Waals surface area (Å²) >= 11 is 0. The number of ether oxygens (including phenoxy) is 2. The Morgan fingerprint density at radius 3 is 2.46 bits per heavy atom. The molecule has 3 rings (SSSR count). The average molecular weight is 356 g/mol. The van der Waals surface area contributed by atoms with E-state index in [1.165, 1.54) is 5.56 Å². The molecule has 0 radical (unpaired) electrons. The van der Waals surface area contributed by atoms with Crippen molar-refractivity contribution in [2.75, 3.05) is 32.3 Å². The second kappa shape index (κ2) is 7.07. The Bertz CT molecular complexity index is 935. The molecule has 0 aliphatic heterocycles. The fourth-order valence-corrected chi connectivity index (χ4v) is 3.09. The number of hydrogen-bond donors (Lipinski definition) is 2. The molecule has 0 unspecified atom stereocenters. The van der Waals surface area contributed by atoms with E-state index in [0.717, 1.165) is 16.8 Å². The van der Waals surface area contributed by atoms with Crippen LogP contribution in [0.2, 0.25) is 0 Å². The van der Waals surface area contributed by atoms with Gasteiger partial charge in [-0.25, -0.2) is 4.98 Å². The van der Waals surface area contributed by atoms with Crippen LogP contribution in [0.5, 0.6) is 11.5 Å². The van der Waals surface area contributed by atoms with Gasteiger partial charge in [0.2, 0.25) is 5.95 Å². The third-order valence-corrected chi connectivity index (χ3v) is 4.33. The Morgan fingerprint density at radius 2 is 1.85 bits per heavy atom. The molecule has 0 fully saturated rings. The first-order valence-electron chi connectivity index (χ1n) is 8.39. The van der Waals surface area contributed by atoms with Crippen molar-refractivity contribution in [2.45, 2.75) is 26.3 Å². The van der Waals surface area contributed by atoms with Gasteiger partial charge in [-0.2, -0.15) is 9.97 Å². The molecule has 0 saturated carbocycles. The summed E-state index contributed by atoms with van der Waals surface area (Å²) in [4.78, 5) is 12.8. The van der Waals surface area contributed by atoms with Gasteiger partial charge in [-0.1, -0.05) is 13.8 Å². The Kier molecular flexibility index (Phi) is 4.83. The predicted molar refractivity (Wildman–Crippen MR) is 102 cm³/mol. The molecule has 8 nitrogen and oxygen atoms in total. The number of nitrogens with one attached hydrogen (secondary N) is 1. The van der Waals surface area contributed by atoms with Crippen molar-refractivity contribution < 1.29 is 9.47 Å². The monoisotopic (exact) mass is 356 g/mol. The average Bonchev–Trinajstić information content (AvgIpc) is 3.02. The summed E-state index contributed by atoms with van der Waals surface area (Å²) in [5.74, 6) is 2.60. The maximum absolute atomic E-state index is 5.75. The van der Waals surface area contributed by atoms with Gasteiger partial charge < -0.3 is 25.1 Å². The number of benzene rings is 1. The topological polar surface area (TPSA) is 100 Å². The third kappa shape index (κ3) is 3.10. The van der Waals surface area contributed by atoms with Crippen molar-refractivity contribution in [1.29, 1.82) is 0 Å². The summed E-state index contributed by atoms with van der Waals surface area (Å²) in [5.41, 5.74) is 9.44. The standard InChI is InChI=1S/C18H24N6O2/c1-10(2)12-7-14(26-5)13(25-4)6-11(12)8-24-9-21-17-15(24)16(20-3)22-18(19)23-17/h6-7,9-10H,8H2,1-5H3,(H3,19,20,22,23). The maximum Gasteiger partial charge on any atom is 0.224 e. The van der Waals surface area contributed by atoms with Gasteiger partial charge in [-0.3, -0.25) is 0 Å².